The average molecular weight is 430 g/mol. The monoisotopic (exact) mass is 429 g/mol. The molecule has 0 aliphatic carbocycles. The minimum absolute atomic E-state index is 0. The van der Waals surface area contributed by atoms with Crippen molar-refractivity contribution in [1.29, 1.82) is 0 Å². The number of aryl methyl sites for hydroxylation is 1. The van der Waals surface area contributed by atoms with Crippen LogP contribution in [-0.2, 0) is 4.74 Å². The molecule has 1 fully saturated rings. The van der Waals surface area contributed by atoms with Crippen LogP contribution in [0.25, 0.3) is 10.9 Å². The first kappa shape index (κ1) is 22.0. The lowest BCUT2D eigenvalue weighted by atomic mass is 10.1. The number of nitrogens with zero attached hydrogens (tertiary/aromatic N) is 2. The van der Waals surface area contributed by atoms with Crippen molar-refractivity contribution in [2.75, 3.05) is 30.5 Å². The molecule has 7 heteroatoms. The number of hydrogen-bond donors (Lipinski definition) is 1. The van der Waals surface area contributed by atoms with Gasteiger partial charge in [-0.1, -0.05) is 0 Å². The van der Waals surface area contributed by atoms with E-state index in [0.29, 0.717) is 23.9 Å². The van der Waals surface area contributed by atoms with Gasteiger partial charge < -0.3 is 15.0 Å². The van der Waals surface area contributed by atoms with E-state index < -0.39 is 0 Å². The Bertz CT molecular complexity index is 1040. The molecular formula is C23H25ClFN3O2. The lowest BCUT2D eigenvalue weighted by Crippen LogP contribution is -2.33. The number of rotatable bonds is 5. The molecule has 0 radical (unpaired) electrons. The smallest absolute Gasteiger partial charge is 0.255 e. The van der Waals surface area contributed by atoms with E-state index in [4.69, 9.17) is 4.74 Å². The number of carbonyl (C=O) groups excluding carboxylic acids is 1. The number of anilines is 2. The molecule has 1 N–H and O–H groups in total. The lowest BCUT2D eigenvalue weighted by molar-refractivity contribution is 0.102. The largest absolute Gasteiger partial charge is 0.383 e. The molecule has 1 amide bonds. The van der Waals surface area contributed by atoms with Gasteiger partial charge in [-0.05, 0) is 68.3 Å². The second-order valence-electron chi connectivity index (χ2n) is 7.42. The molecule has 1 aromatic heterocycles. The van der Waals surface area contributed by atoms with E-state index >= 15 is 0 Å². The van der Waals surface area contributed by atoms with Crippen LogP contribution in [0.3, 0.4) is 0 Å². The second kappa shape index (κ2) is 9.41. The van der Waals surface area contributed by atoms with E-state index in [0.717, 1.165) is 41.7 Å². The Balaban J connectivity index is 0.00000256. The van der Waals surface area contributed by atoms with Crippen molar-refractivity contribution in [1.82, 2.24) is 4.98 Å². The number of amides is 1. The van der Waals surface area contributed by atoms with Gasteiger partial charge in [0, 0.05) is 41.7 Å². The molecule has 1 unspecified atom stereocenters. The van der Waals surface area contributed by atoms with Crippen molar-refractivity contribution in [3.8, 4) is 0 Å². The Labute approximate surface area is 181 Å². The van der Waals surface area contributed by atoms with Gasteiger partial charge in [0.05, 0.1) is 18.2 Å². The zero-order chi connectivity index (χ0) is 20.4. The van der Waals surface area contributed by atoms with Crippen molar-refractivity contribution in [3.63, 3.8) is 0 Å². The predicted octanol–water partition coefficient (Wildman–Crippen LogP) is 4.97. The summed E-state index contributed by atoms with van der Waals surface area (Å²) in [7, 11) is 1.74. The Morgan fingerprint density at radius 2 is 2.00 bits per heavy atom. The molecule has 1 aliphatic heterocycles. The van der Waals surface area contributed by atoms with Gasteiger partial charge in [-0.25, -0.2) is 4.39 Å². The quantitative estimate of drug-likeness (QED) is 0.622. The van der Waals surface area contributed by atoms with E-state index in [1.807, 2.05) is 25.1 Å². The minimum Gasteiger partial charge on any atom is -0.383 e. The van der Waals surface area contributed by atoms with E-state index in [1.54, 1.807) is 7.11 Å². The molecule has 4 rings (SSSR count). The Morgan fingerprint density at radius 3 is 2.73 bits per heavy atom. The second-order valence-corrected chi connectivity index (χ2v) is 7.42. The first-order valence-corrected chi connectivity index (χ1v) is 9.79. The summed E-state index contributed by atoms with van der Waals surface area (Å²) in [6.45, 7) is 3.68. The fourth-order valence-corrected chi connectivity index (χ4v) is 3.98. The van der Waals surface area contributed by atoms with E-state index in [-0.39, 0.29) is 24.1 Å². The molecule has 1 atom stereocenters. The van der Waals surface area contributed by atoms with E-state index in [1.165, 1.54) is 24.3 Å². The molecule has 2 heterocycles. The number of aromatic nitrogens is 1. The summed E-state index contributed by atoms with van der Waals surface area (Å²) < 4.78 is 18.5. The number of nitrogens with one attached hydrogen (secondary N) is 1. The van der Waals surface area contributed by atoms with Gasteiger partial charge in [0.2, 0.25) is 0 Å². The standard InChI is InChI=1S/C23H24FN3O2.ClH/c1-15-12-22(27-11-3-4-19(27)14-29-2)20-10-9-18(13-21(20)25-15)26-23(28)16-5-7-17(24)8-6-16;/h5-10,12-13,19H,3-4,11,14H2,1-2H3,(H,26,28);1H. The van der Waals surface area contributed by atoms with Crippen LogP contribution in [0.15, 0.2) is 48.5 Å². The normalized spacial score (nSPS) is 15.8. The zero-order valence-corrected chi connectivity index (χ0v) is 17.8. The van der Waals surface area contributed by atoms with E-state index in [2.05, 4.69) is 21.3 Å². The Hall–Kier alpha value is -2.70. The van der Waals surface area contributed by atoms with Crippen molar-refractivity contribution >= 4 is 40.6 Å². The fourth-order valence-electron chi connectivity index (χ4n) is 3.98. The first-order valence-electron chi connectivity index (χ1n) is 9.79. The summed E-state index contributed by atoms with van der Waals surface area (Å²) in [5.41, 5.74) is 3.98. The van der Waals surface area contributed by atoms with Gasteiger partial charge in [0.15, 0.2) is 0 Å². The van der Waals surface area contributed by atoms with Crippen LogP contribution in [-0.4, -0.2) is 37.2 Å². The van der Waals surface area contributed by atoms with Gasteiger partial charge in [0.25, 0.3) is 5.91 Å². The molecular weight excluding hydrogens is 405 g/mol. The van der Waals surface area contributed by atoms with Gasteiger partial charge in [-0.2, -0.15) is 0 Å². The third-order valence-electron chi connectivity index (χ3n) is 5.33. The van der Waals surface area contributed by atoms with Crippen LogP contribution in [0.4, 0.5) is 15.8 Å². The predicted molar refractivity (Wildman–Crippen MR) is 120 cm³/mol. The van der Waals surface area contributed by atoms with Crippen molar-refractivity contribution in [2.45, 2.75) is 25.8 Å². The molecule has 5 nitrogen and oxygen atoms in total. The van der Waals surface area contributed by atoms with Crippen LogP contribution in [0.1, 0.15) is 28.9 Å². The molecule has 3 aromatic rings. The van der Waals surface area contributed by atoms with Crippen molar-refractivity contribution in [3.05, 3.63) is 65.6 Å². The number of halogens is 2. The average Bonchev–Trinajstić information content (AvgIpc) is 3.16. The summed E-state index contributed by atoms with van der Waals surface area (Å²) in [4.78, 5) is 19.5. The SMILES string of the molecule is COCC1CCCN1c1cc(C)nc2cc(NC(=O)c3ccc(F)cc3)ccc12.Cl. The summed E-state index contributed by atoms with van der Waals surface area (Å²) >= 11 is 0. The molecule has 0 saturated carbocycles. The van der Waals surface area contributed by atoms with Gasteiger partial charge in [0.1, 0.15) is 5.82 Å². The third-order valence-corrected chi connectivity index (χ3v) is 5.33. The Kier molecular flexibility index (Phi) is 6.90. The van der Waals surface area contributed by atoms with Crippen LogP contribution in [0, 0.1) is 12.7 Å². The maximum absolute atomic E-state index is 13.1. The molecule has 1 aliphatic rings. The number of methoxy groups -OCH3 is 1. The lowest BCUT2D eigenvalue weighted by Gasteiger charge is -2.28. The topological polar surface area (TPSA) is 54.5 Å². The van der Waals surface area contributed by atoms with E-state index in [9.17, 15) is 9.18 Å². The van der Waals surface area contributed by atoms with Crippen molar-refractivity contribution in [2.24, 2.45) is 0 Å². The molecule has 0 spiro atoms. The molecule has 30 heavy (non-hydrogen) atoms. The number of pyridine rings is 1. The molecule has 0 bridgehead atoms. The highest BCUT2D eigenvalue weighted by atomic mass is 35.5. The van der Waals surface area contributed by atoms with Gasteiger partial charge in [-0.15, -0.1) is 12.4 Å². The summed E-state index contributed by atoms with van der Waals surface area (Å²) in [5.74, 6) is -0.648. The highest BCUT2D eigenvalue weighted by Gasteiger charge is 2.26. The highest BCUT2D eigenvalue weighted by Crippen LogP contribution is 2.33. The molecule has 158 valence electrons. The number of fused-ring (bicyclic) bond motifs is 1. The van der Waals surface area contributed by atoms with Gasteiger partial charge >= 0.3 is 0 Å². The minimum atomic E-state index is -0.367. The molecule has 2 aromatic carbocycles. The van der Waals surface area contributed by atoms with Crippen LogP contribution in [0.5, 0.6) is 0 Å². The maximum atomic E-state index is 13.1. The first-order chi connectivity index (χ1) is 14.0. The number of benzene rings is 2. The molecule has 1 saturated heterocycles. The van der Waals surface area contributed by atoms with Gasteiger partial charge in [-0.3, -0.25) is 9.78 Å². The summed E-state index contributed by atoms with van der Waals surface area (Å²) in [6.07, 6.45) is 2.26. The fraction of sp³-hybridized carbons (Fsp3) is 0.304. The van der Waals surface area contributed by atoms with Crippen LogP contribution >= 0.6 is 12.4 Å². The summed E-state index contributed by atoms with van der Waals surface area (Å²) in [6, 6.07) is 13.7. The Morgan fingerprint density at radius 1 is 1.23 bits per heavy atom. The number of ether oxygens (including phenoxy) is 1. The number of hydrogen-bond acceptors (Lipinski definition) is 4. The highest BCUT2D eigenvalue weighted by molar-refractivity contribution is 6.05. The van der Waals surface area contributed by atoms with Crippen LogP contribution < -0.4 is 10.2 Å². The van der Waals surface area contributed by atoms with Crippen molar-refractivity contribution < 1.29 is 13.9 Å². The van der Waals surface area contributed by atoms with Crippen LogP contribution in [0.2, 0.25) is 0 Å². The number of carbonyl (C=O) groups is 1. The summed E-state index contributed by atoms with van der Waals surface area (Å²) in [5, 5.41) is 3.93. The maximum Gasteiger partial charge on any atom is 0.255 e. The zero-order valence-electron chi connectivity index (χ0n) is 17.0. The third kappa shape index (κ3) is 4.55.